The predicted molar refractivity (Wildman–Crippen MR) is 72.9 cm³/mol. The molecule has 0 aliphatic rings. The van der Waals surface area contributed by atoms with E-state index in [4.69, 9.17) is 0 Å². The van der Waals surface area contributed by atoms with Crippen LogP contribution in [0.2, 0.25) is 0 Å². The van der Waals surface area contributed by atoms with Gasteiger partial charge in [-0.15, -0.1) is 11.8 Å². The van der Waals surface area contributed by atoms with Crippen molar-refractivity contribution in [3.05, 3.63) is 28.3 Å². The molecule has 0 atom stereocenters. The van der Waals surface area contributed by atoms with Crippen molar-refractivity contribution in [3.63, 3.8) is 0 Å². The first-order valence-electron chi connectivity index (χ1n) is 5.83. The molecule has 1 aromatic carbocycles. The van der Waals surface area contributed by atoms with E-state index in [0.717, 1.165) is 35.7 Å². The SMILES string of the molecule is CCCNc1cc(SCCC)cc([N+](=O)[O-])c1. The summed E-state index contributed by atoms with van der Waals surface area (Å²) in [5.74, 6) is 0.981. The molecule has 1 N–H and O–H groups in total. The van der Waals surface area contributed by atoms with Crippen LogP contribution in [-0.2, 0) is 0 Å². The number of nitrogens with zero attached hydrogens (tertiary/aromatic N) is 1. The van der Waals surface area contributed by atoms with Crippen molar-refractivity contribution in [2.75, 3.05) is 17.6 Å². The van der Waals surface area contributed by atoms with Gasteiger partial charge in [0.1, 0.15) is 0 Å². The number of nitrogens with one attached hydrogen (secondary N) is 1. The lowest BCUT2D eigenvalue weighted by Gasteiger charge is -2.07. The molecular formula is C12H18N2O2S. The van der Waals surface area contributed by atoms with Crippen molar-refractivity contribution in [2.24, 2.45) is 0 Å². The van der Waals surface area contributed by atoms with E-state index in [1.54, 1.807) is 23.9 Å². The first-order valence-corrected chi connectivity index (χ1v) is 6.82. The standard InChI is InChI=1S/C12H18N2O2S/c1-3-5-13-10-7-11(14(15)16)9-12(8-10)17-6-4-2/h7-9,13H,3-6H2,1-2H3. The van der Waals surface area contributed by atoms with Gasteiger partial charge in [-0.05, 0) is 24.7 Å². The smallest absolute Gasteiger partial charge is 0.272 e. The molecule has 0 bridgehead atoms. The number of hydrogen-bond donors (Lipinski definition) is 1. The van der Waals surface area contributed by atoms with Gasteiger partial charge in [0, 0.05) is 29.3 Å². The van der Waals surface area contributed by atoms with E-state index < -0.39 is 0 Å². The lowest BCUT2D eigenvalue weighted by Crippen LogP contribution is -2.00. The molecule has 0 unspecified atom stereocenters. The number of nitro groups is 1. The zero-order valence-corrected chi connectivity index (χ0v) is 11.0. The summed E-state index contributed by atoms with van der Waals surface area (Å²) in [6.45, 7) is 5.00. The average molecular weight is 254 g/mol. The minimum absolute atomic E-state index is 0.157. The van der Waals surface area contributed by atoms with Gasteiger partial charge >= 0.3 is 0 Å². The van der Waals surface area contributed by atoms with Crippen LogP contribution < -0.4 is 5.32 Å². The van der Waals surface area contributed by atoms with E-state index >= 15 is 0 Å². The topological polar surface area (TPSA) is 55.2 Å². The Labute approximate surface area is 106 Å². The summed E-state index contributed by atoms with van der Waals surface area (Å²) in [5, 5.41) is 14.0. The number of non-ortho nitro benzene ring substituents is 1. The Morgan fingerprint density at radius 1 is 1.29 bits per heavy atom. The van der Waals surface area contributed by atoms with E-state index in [0.29, 0.717) is 0 Å². The van der Waals surface area contributed by atoms with Crippen LogP contribution in [0.5, 0.6) is 0 Å². The van der Waals surface area contributed by atoms with Gasteiger partial charge in [-0.1, -0.05) is 13.8 Å². The van der Waals surface area contributed by atoms with Crippen molar-refractivity contribution in [2.45, 2.75) is 31.6 Å². The quantitative estimate of drug-likeness (QED) is 0.455. The van der Waals surface area contributed by atoms with Gasteiger partial charge in [-0.25, -0.2) is 0 Å². The zero-order valence-electron chi connectivity index (χ0n) is 10.2. The predicted octanol–water partition coefficient (Wildman–Crippen LogP) is 3.92. The minimum atomic E-state index is -0.340. The number of hydrogen-bond acceptors (Lipinski definition) is 4. The Kier molecular flexibility index (Phi) is 5.83. The van der Waals surface area contributed by atoms with Crippen LogP contribution in [-0.4, -0.2) is 17.2 Å². The third-order valence-electron chi connectivity index (χ3n) is 2.15. The van der Waals surface area contributed by atoms with Crippen molar-refractivity contribution < 1.29 is 4.92 Å². The van der Waals surface area contributed by atoms with Crippen molar-refractivity contribution in [1.29, 1.82) is 0 Å². The third-order valence-corrected chi connectivity index (χ3v) is 3.34. The maximum atomic E-state index is 10.8. The molecule has 0 spiro atoms. The molecule has 1 rings (SSSR count). The van der Waals surface area contributed by atoms with E-state index in [1.807, 2.05) is 6.07 Å². The van der Waals surface area contributed by atoms with Crippen molar-refractivity contribution in [3.8, 4) is 0 Å². The summed E-state index contributed by atoms with van der Waals surface area (Å²) in [6.07, 6.45) is 2.06. The second kappa shape index (κ2) is 7.17. The van der Waals surface area contributed by atoms with Crippen LogP contribution in [0, 0.1) is 10.1 Å². The number of rotatable bonds is 7. The molecule has 17 heavy (non-hydrogen) atoms. The third kappa shape index (κ3) is 4.65. The highest BCUT2D eigenvalue weighted by atomic mass is 32.2. The zero-order chi connectivity index (χ0) is 12.7. The molecule has 0 amide bonds. The molecule has 5 heteroatoms. The van der Waals surface area contributed by atoms with E-state index in [-0.39, 0.29) is 10.6 Å². The van der Waals surface area contributed by atoms with E-state index in [1.165, 1.54) is 0 Å². The molecule has 0 fully saturated rings. The second-order valence-electron chi connectivity index (χ2n) is 3.75. The van der Waals surface area contributed by atoms with Gasteiger partial charge < -0.3 is 5.32 Å². The van der Waals surface area contributed by atoms with E-state index in [2.05, 4.69) is 19.2 Å². The summed E-state index contributed by atoms with van der Waals surface area (Å²) >= 11 is 1.66. The van der Waals surface area contributed by atoms with Crippen molar-refractivity contribution >= 4 is 23.1 Å². The average Bonchev–Trinajstić information content (AvgIpc) is 2.33. The van der Waals surface area contributed by atoms with Gasteiger partial charge in [0.25, 0.3) is 5.69 Å². The highest BCUT2D eigenvalue weighted by Crippen LogP contribution is 2.28. The molecule has 0 aromatic heterocycles. The molecule has 0 heterocycles. The fraction of sp³-hybridized carbons (Fsp3) is 0.500. The Balaban J connectivity index is 2.88. The van der Waals surface area contributed by atoms with Crippen molar-refractivity contribution in [1.82, 2.24) is 0 Å². The summed E-state index contributed by atoms with van der Waals surface area (Å²) in [7, 11) is 0. The van der Waals surface area contributed by atoms with Crippen LogP contribution >= 0.6 is 11.8 Å². The highest BCUT2D eigenvalue weighted by Gasteiger charge is 2.09. The monoisotopic (exact) mass is 254 g/mol. The fourth-order valence-electron chi connectivity index (χ4n) is 1.36. The lowest BCUT2D eigenvalue weighted by atomic mass is 10.2. The second-order valence-corrected chi connectivity index (χ2v) is 4.92. The molecule has 0 saturated carbocycles. The summed E-state index contributed by atoms with van der Waals surface area (Å²) in [5.41, 5.74) is 0.990. The molecule has 0 radical (unpaired) electrons. The normalized spacial score (nSPS) is 10.2. The highest BCUT2D eigenvalue weighted by molar-refractivity contribution is 7.99. The van der Waals surface area contributed by atoms with Crippen LogP contribution in [0.25, 0.3) is 0 Å². The molecule has 0 saturated heterocycles. The van der Waals surface area contributed by atoms with Crippen LogP contribution in [0.15, 0.2) is 23.1 Å². The molecule has 1 aromatic rings. The first kappa shape index (κ1) is 13.8. The molecular weight excluding hydrogens is 236 g/mol. The number of benzene rings is 1. The Morgan fingerprint density at radius 2 is 2.06 bits per heavy atom. The summed E-state index contributed by atoms with van der Waals surface area (Å²) < 4.78 is 0. The van der Waals surface area contributed by atoms with E-state index in [9.17, 15) is 10.1 Å². The molecule has 4 nitrogen and oxygen atoms in total. The van der Waals surface area contributed by atoms with Gasteiger partial charge in [0.15, 0.2) is 0 Å². The molecule has 94 valence electrons. The lowest BCUT2D eigenvalue weighted by molar-refractivity contribution is -0.385. The minimum Gasteiger partial charge on any atom is -0.385 e. The maximum Gasteiger partial charge on any atom is 0.272 e. The van der Waals surface area contributed by atoms with Gasteiger partial charge in [-0.3, -0.25) is 10.1 Å². The molecule has 0 aliphatic heterocycles. The Bertz CT molecular complexity index is 357. The Hall–Kier alpha value is -1.23. The number of thioether (sulfide) groups is 1. The van der Waals surface area contributed by atoms with Crippen LogP contribution in [0.4, 0.5) is 11.4 Å². The maximum absolute atomic E-state index is 10.8. The summed E-state index contributed by atoms with van der Waals surface area (Å²) in [6, 6.07) is 5.20. The van der Waals surface area contributed by atoms with Crippen LogP contribution in [0.1, 0.15) is 26.7 Å². The van der Waals surface area contributed by atoms with Gasteiger partial charge in [0.2, 0.25) is 0 Å². The first-order chi connectivity index (χ1) is 8.17. The van der Waals surface area contributed by atoms with Gasteiger partial charge in [0.05, 0.1) is 4.92 Å². The van der Waals surface area contributed by atoms with Crippen LogP contribution in [0.3, 0.4) is 0 Å². The van der Waals surface area contributed by atoms with Gasteiger partial charge in [-0.2, -0.15) is 0 Å². The summed E-state index contributed by atoms with van der Waals surface area (Å²) in [4.78, 5) is 11.4. The molecule has 0 aliphatic carbocycles. The number of anilines is 1. The number of nitro benzene ring substituents is 1. The largest absolute Gasteiger partial charge is 0.385 e. The Morgan fingerprint density at radius 3 is 2.65 bits per heavy atom. The fourth-order valence-corrected chi connectivity index (χ4v) is 2.22.